The van der Waals surface area contributed by atoms with Gasteiger partial charge in [-0.15, -0.1) is 0 Å². The van der Waals surface area contributed by atoms with Crippen molar-refractivity contribution in [3.05, 3.63) is 132 Å². The van der Waals surface area contributed by atoms with Crippen LogP contribution in [0.5, 0.6) is 0 Å². The van der Waals surface area contributed by atoms with E-state index in [9.17, 15) is 14.7 Å². The quantitative estimate of drug-likeness (QED) is 0.138. The lowest BCUT2D eigenvalue weighted by atomic mass is 9.90. The maximum Gasteiger partial charge on any atom is 0.407 e. The third-order valence-electron chi connectivity index (χ3n) is 8.48. The number of hydrogen-bond donors (Lipinski definition) is 3. The van der Waals surface area contributed by atoms with E-state index in [0.29, 0.717) is 19.4 Å². The summed E-state index contributed by atoms with van der Waals surface area (Å²) in [6.45, 7) is 8.78. The minimum atomic E-state index is -3.00. The lowest BCUT2D eigenvalue weighted by Gasteiger charge is -2.44. The summed E-state index contributed by atoms with van der Waals surface area (Å²) in [6, 6.07) is 38.4. The normalized spacial score (nSPS) is 13.6. The molecule has 0 heterocycles. The molecule has 4 aromatic carbocycles. The Kier molecular flexibility index (Phi) is 12.9. The van der Waals surface area contributed by atoms with E-state index >= 15 is 0 Å². The van der Waals surface area contributed by atoms with E-state index in [1.807, 2.05) is 104 Å². The van der Waals surface area contributed by atoms with E-state index in [4.69, 9.17) is 9.16 Å². The molecule has 4 rings (SSSR count). The largest absolute Gasteiger partial charge is 0.445 e. The fourth-order valence-electron chi connectivity index (χ4n) is 6.14. The molecule has 0 aromatic heterocycles. The van der Waals surface area contributed by atoms with Crippen molar-refractivity contribution in [3.8, 4) is 0 Å². The molecule has 3 N–H and O–H groups in total. The van der Waals surface area contributed by atoms with Gasteiger partial charge in [-0.05, 0) is 33.0 Å². The number of carbonyl (C=O) groups excluding carboxylic acids is 2. The van der Waals surface area contributed by atoms with Gasteiger partial charge >= 0.3 is 6.09 Å². The minimum Gasteiger partial charge on any atom is -0.445 e. The van der Waals surface area contributed by atoms with Crippen molar-refractivity contribution in [1.82, 2.24) is 10.6 Å². The monoisotopic (exact) mass is 652 g/mol. The number of aliphatic hydroxyl groups is 1. The Balaban J connectivity index is 1.64. The van der Waals surface area contributed by atoms with Gasteiger partial charge in [0.15, 0.2) is 0 Å². The van der Waals surface area contributed by atoms with Gasteiger partial charge in [0.25, 0.3) is 8.32 Å². The van der Waals surface area contributed by atoms with Crippen LogP contribution in [0.1, 0.15) is 51.7 Å². The maximum absolute atomic E-state index is 13.8. The van der Waals surface area contributed by atoms with E-state index in [-0.39, 0.29) is 24.2 Å². The first-order chi connectivity index (χ1) is 22.7. The smallest absolute Gasteiger partial charge is 0.407 e. The summed E-state index contributed by atoms with van der Waals surface area (Å²) in [4.78, 5) is 27.0. The Morgan fingerprint density at radius 3 is 1.74 bits per heavy atom. The molecule has 0 aliphatic heterocycles. The molecule has 7 nitrogen and oxygen atoms in total. The van der Waals surface area contributed by atoms with E-state index in [1.54, 1.807) is 0 Å². The highest BCUT2D eigenvalue weighted by atomic mass is 28.4. The molecular weight excluding hydrogens is 605 g/mol. The molecule has 248 valence electrons. The topological polar surface area (TPSA) is 96.9 Å². The first kappa shape index (κ1) is 35.6. The molecule has 0 saturated carbocycles. The van der Waals surface area contributed by atoms with Crippen molar-refractivity contribution in [2.45, 2.75) is 70.9 Å². The molecule has 4 aromatic rings. The van der Waals surface area contributed by atoms with Gasteiger partial charge in [0.2, 0.25) is 5.91 Å². The molecule has 8 heteroatoms. The van der Waals surface area contributed by atoms with E-state index in [0.717, 1.165) is 21.5 Å². The number of carbonyl (C=O) groups is 2. The highest BCUT2D eigenvalue weighted by molar-refractivity contribution is 6.99. The zero-order chi connectivity index (χ0) is 33.7. The van der Waals surface area contributed by atoms with Gasteiger partial charge in [0.1, 0.15) is 6.61 Å². The Hall–Kier alpha value is -4.24. The second-order valence-electron chi connectivity index (χ2n) is 12.9. The molecule has 0 aliphatic rings. The van der Waals surface area contributed by atoms with E-state index in [2.05, 4.69) is 55.7 Å². The number of alkyl carbamates (subject to hydrolysis) is 1. The van der Waals surface area contributed by atoms with Crippen molar-refractivity contribution >= 4 is 30.7 Å². The Labute approximate surface area is 280 Å². The molecule has 0 saturated heterocycles. The first-order valence-corrected chi connectivity index (χ1v) is 18.3. The summed E-state index contributed by atoms with van der Waals surface area (Å²) in [6.07, 6.45) is -0.802. The Morgan fingerprint density at radius 2 is 1.26 bits per heavy atom. The van der Waals surface area contributed by atoms with Crippen LogP contribution in [-0.2, 0) is 27.1 Å². The molecule has 0 unspecified atom stereocenters. The van der Waals surface area contributed by atoms with Crippen LogP contribution in [0.4, 0.5) is 4.79 Å². The van der Waals surface area contributed by atoms with Crippen LogP contribution >= 0.6 is 0 Å². The van der Waals surface area contributed by atoms with Crippen molar-refractivity contribution in [2.24, 2.45) is 5.92 Å². The molecule has 0 aliphatic carbocycles. The third kappa shape index (κ3) is 9.41. The number of ether oxygens (including phenoxy) is 1. The van der Waals surface area contributed by atoms with Crippen LogP contribution < -0.4 is 21.0 Å². The third-order valence-corrected chi connectivity index (χ3v) is 13.5. The summed E-state index contributed by atoms with van der Waals surface area (Å²) in [5, 5.41) is 19.7. The average molecular weight is 653 g/mol. The summed E-state index contributed by atoms with van der Waals surface area (Å²) in [5.74, 6) is -0.987. The van der Waals surface area contributed by atoms with Gasteiger partial charge in [-0.2, -0.15) is 0 Å². The predicted molar refractivity (Wildman–Crippen MR) is 190 cm³/mol. The van der Waals surface area contributed by atoms with Crippen LogP contribution in [0.15, 0.2) is 121 Å². The summed E-state index contributed by atoms with van der Waals surface area (Å²) >= 11 is 0. The van der Waals surface area contributed by atoms with Gasteiger partial charge in [-0.1, -0.05) is 155 Å². The minimum absolute atomic E-state index is 0.0622. The summed E-state index contributed by atoms with van der Waals surface area (Å²) in [7, 11) is -3.00. The SMILES string of the molecule is CCC[C@H](C(=O)NCc1ccccc1)[C@H](NC(=O)OCc1ccccc1)[C@H](O)CO[Si](c1ccccc1)(c1ccccc1)C(C)(C)C. The zero-order valence-corrected chi connectivity index (χ0v) is 28.9. The first-order valence-electron chi connectivity index (χ1n) is 16.4. The number of hydrogen-bond acceptors (Lipinski definition) is 5. The fourth-order valence-corrected chi connectivity index (χ4v) is 10.7. The van der Waals surface area contributed by atoms with Crippen LogP contribution in [0.2, 0.25) is 5.04 Å². The highest BCUT2D eigenvalue weighted by Gasteiger charge is 2.51. The maximum atomic E-state index is 13.8. The van der Waals surface area contributed by atoms with Crippen LogP contribution in [0, 0.1) is 5.92 Å². The van der Waals surface area contributed by atoms with Crippen LogP contribution in [0.3, 0.4) is 0 Å². The van der Waals surface area contributed by atoms with Crippen molar-refractivity contribution in [3.63, 3.8) is 0 Å². The molecule has 2 amide bonds. The van der Waals surface area contributed by atoms with Crippen molar-refractivity contribution < 1.29 is 23.9 Å². The molecule has 0 radical (unpaired) electrons. The number of amides is 2. The lowest BCUT2D eigenvalue weighted by molar-refractivity contribution is -0.127. The highest BCUT2D eigenvalue weighted by Crippen LogP contribution is 2.37. The zero-order valence-electron chi connectivity index (χ0n) is 27.9. The van der Waals surface area contributed by atoms with Crippen molar-refractivity contribution in [2.75, 3.05) is 6.61 Å². The number of benzene rings is 4. The number of nitrogens with one attached hydrogen (secondary N) is 2. The standard InChI is InChI=1S/C39H48N2O5Si/c1-5-18-34(37(43)40-27-30-19-10-6-11-20-30)36(41-38(44)45-28-31-21-12-7-13-22-31)35(42)29-46-47(39(2,3)4,32-23-14-8-15-24-32)33-25-16-9-17-26-33/h6-17,19-26,34-36,42H,5,18,27-29H2,1-4H3,(H,40,43)(H,41,44)/t34-,35+,36-/m0/s1. The van der Waals surface area contributed by atoms with Gasteiger partial charge in [0, 0.05) is 6.54 Å². The Bertz CT molecular complexity index is 1480. The summed E-state index contributed by atoms with van der Waals surface area (Å²) < 4.78 is 12.6. The predicted octanol–water partition coefficient (Wildman–Crippen LogP) is 5.95. The number of rotatable bonds is 15. The average Bonchev–Trinajstić information content (AvgIpc) is 3.09. The summed E-state index contributed by atoms with van der Waals surface area (Å²) in [5.41, 5.74) is 1.79. The molecule has 0 spiro atoms. The molecule has 0 bridgehead atoms. The van der Waals surface area contributed by atoms with Gasteiger partial charge in [-0.3, -0.25) is 4.79 Å². The second kappa shape index (κ2) is 17.1. The molecule has 47 heavy (non-hydrogen) atoms. The van der Waals surface area contributed by atoms with E-state index in [1.165, 1.54) is 0 Å². The second-order valence-corrected chi connectivity index (χ2v) is 17.2. The number of aliphatic hydroxyl groups excluding tert-OH is 1. The van der Waals surface area contributed by atoms with Gasteiger partial charge < -0.3 is 24.9 Å². The molecule has 3 atom stereocenters. The van der Waals surface area contributed by atoms with E-state index < -0.39 is 32.5 Å². The van der Waals surface area contributed by atoms with Gasteiger partial charge in [-0.25, -0.2) is 4.79 Å². The lowest BCUT2D eigenvalue weighted by Crippen LogP contribution is -2.67. The van der Waals surface area contributed by atoms with Crippen LogP contribution in [0.25, 0.3) is 0 Å². The van der Waals surface area contributed by atoms with Gasteiger partial charge in [0.05, 0.1) is 24.7 Å². The Morgan fingerprint density at radius 1 is 0.766 bits per heavy atom. The molecule has 0 fully saturated rings. The molecular formula is C39H48N2O5Si. The van der Waals surface area contributed by atoms with Crippen LogP contribution in [-0.4, -0.2) is 44.2 Å². The van der Waals surface area contributed by atoms with Crippen molar-refractivity contribution in [1.29, 1.82) is 0 Å². The fraction of sp³-hybridized carbons (Fsp3) is 0.333.